The Balaban J connectivity index is 0.000000187. The minimum absolute atomic E-state index is 0.0866. The number of phenols is 5. The van der Waals surface area contributed by atoms with Gasteiger partial charge in [-0.25, -0.2) is 0 Å². The summed E-state index contributed by atoms with van der Waals surface area (Å²) in [6.45, 7) is 18.7. The van der Waals surface area contributed by atoms with E-state index in [0.717, 1.165) is 80.6 Å². The lowest BCUT2D eigenvalue weighted by molar-refractivity contribution is -0.151. The lowest BCUT2D eigenvalue weighted by Gasteiger charge is -2.14. The Morgan fingerprint density at radius 3 is 1.19 bits per heavy atom. The van der Waals surface area contributed by atoms with Gasteiger partial charge in [0.2, 0.25) is 0 Å². The normalized spacial score (nSPS) is 11.0. The summed E-state index contributed by atoms with van der Waals surface area (Å²) in [6, 6.07) is 75.6. The highest BCUT2D eigenvalue weighted by Gasteiger charge is 2.49. The molecule has 616 valence electrons. The molecule has 14 aromatic carbocycles. The average molecular weight is 1820 g/mol. The number of methoxy groups -OCH3 is 2. The molecule has 0 bridgehead atoms. The summed E-state index contributed by atoms with van der Waals surface area (Å²) in [4.78, 5) is 45.5. The Bertz CT molecular complexity index is 5660. The van der Waals surface area contributed by atoms with E-state index in [-0.39, 0.29) is 52.6 Å². The minimum Gasteiger partial charge on any atom is -0.508 e. The zero-order valence-electron chi connectivity index (χ0n) is 67.1. The van der Waals surface area contributed by atoms with Crippen molar-refractivity contribution in [1.82, 2.24) is 0 Å². The smallest absolute Gasteiger partial charge is 0.508 e. The number of aromatic hydroxyl groups is 5. The van der Waals surface area contributed by atoms with Crippen LogP contribution in [0.2, 0.25) is 0 Å². The first-order chi connectivity index (χ1) is 56.1. The van der Waals surface area contributed by atoms with Crippen LogP contribution < -0.4 is 13.7 Å². The maximum absolute atomic E-state index is 12.4. The maximum atomic E-state index is 12.4. The number of benzene rings is 14. The van der Waals surface area contributed by atoms with Crippen molar-refractivity contribution >= 4 is 146 Å². The number of aryl methyl sites for hydroxylation is 1. The first-order valence-electron chi connectivity index (χ1n) is 37.1. The summed E-state index contributed by atoms with van der Waals surface area (Å²) in [6.07, 6.45) is 0.434. The number of carbonyl (C=O) groups excluding carboxylic acids is 4. The van der Waals surface area contributed by atoms with Crippen LogP contribution in [0.25, 0.3) is 64.6 Å². The van der Waals surface area contributed by atoms with Crippen molar-refractivity contribution in [2.45, 2.75) is 94.0 Å². The van der Waals surface area contributed by atoms with Crippen LogP contribution in [0.3, 0.4) is 0 Å². The van der Waals surface area contributed by atoms with Crippen molar-refractivity contribution < 1.29 is 89.4 Å². The molecule has 0 radical (unpaired) electrons. The summed E-state index contributed by atoms with van der Waals surface area (Å²) in [5, 5.41) is 59.4. The second kappa shape index (κ2) is 44.2. The van der Waals surface area contributed by atoms with Crippen molar-refractivity contribution in [3.8, 4) is 46.0 Å². The standard InChI is InChI=1S/C13H16O3.C12H11BrO.C12H11Br.C12H9F3O4S.C12H14O3.C12H12O2.C11H9BrO.C11H10O2/c1-3-16-13(15)10(2)12(14)9-11-7-5-4-6-8-11;1-8-11(14-2)7-9-5-3-4-6-10(9)12(8)13;1-8-7-10-5-3-4-6-11(10)12(13)9(8)2;1-7-10(16)6-8-4-2-3-5-9(8)11(7)19-20(17,18)12(13,14)15;1-2-15-12(14)9-11(13)8-10-6-4-3-5-7-10;1-8-11(14-2)7-9-5-3-4-6-10(9)12(8)13;1-7-10(13)6-8-4-2-3-5-9(8)11(7)12;1-7-10(12)6-8-4-2-3-5-9(8)11(7)13/h4-8,10H,3,9H2,1-2H3;3-7H,1-2H3;3-7H,1-2H3;2-6,16H,1H3;3-7H,2,8-9H2,1H3;3-7,13H,1-2H3;2-6,13H,1H3;2-6,12-13H,1H3. The van der Waals surface area contributed by atoms with Gasteiger partial charge in [-0.05, 0) is 218 Å². The number of hydrogen-bond acceptors (Lipinski definition) is 16. The molecule has 23 heteroatoms. The molecule has 0 saturated heterocycles. The molecule has 0 heterocycles. The molecule has 1 atom stereocenters. The number of alkyl halides is 3. The maximum Gasteiger partial charge on any atom is 0.534 e. The Hall–Kier alpha value is -11.5. The van der Waals surface area contributed by atoms with Crippen LogP contribution in [-0.2, 0) is 51.6 Å². The molecular weight excluding hydrogens is 1730 g/mol. The molecule has 0 saturated carbocycles. The van der Waals surface area contributed by atoms with Crippen LogP contribution in [-0.4, -0.2) is 90.4 Å². The Kier molecular flexibility index (Phi) is 35.1. The molecule has 118 heavy (non-hydrogen) atoms. The quantitative estimate of drug-likeness (QED) is 0.0294. The third-order valence-electron chi connectivity index (χ3n) is 18.7. The number of phenolic OH excluding ortho intramolecular Hbond substituents is 5. The molecule has 14 rings (SSSR count). The second-order valence-corrected chi connectivity index (χ2v) is 30.8. The number of halogens is 6. The monoisotopic (exact) mass is 1810 g/mol. The van der Waals surface area contributed by atoms with Crippen molar-refractivity contribution in [2.24, 2.45) is 5.92 Å². The molecule has 16 nitrogen and oxygen atoms in total. The van der Waals surface area contributed by atoms with Gasteiger partial charge in [0.1, 0.15) is 58.4 Å². The van der Waals surface area contributed by atoms with Crippen LogP contribution in [0.5, 0.6) is 46.0 Å². The van der Waals surface area contributed by atoms with Gasteiger partial charge < -0.3 is 48.7 Å². The topological polar surface area (TPSA) is 250 Å². The minimum atomic E-state index is -5.79. The number of carbonyl (C=O) groups is 4. The van der Waals surface area contributed by atoms with Gasteiger partial charge in [0, 0.05) is 70.2 Å². The Labute approximate surface area is 709 Å². The number of esters is 2. The molecule has 14 aromatic rings. The fourth-order valence-electron chi connectivity index (χ4n) is 11.8. The second-order valence-electron chi connectivity index (χ2n) is 26.9. The van der Waals surface area contributed by atoms with E-state index in [0.29, 0.717) is 42.1 Å². The SMILES string of the molecule is CCOC(=O)C(C)C(=O)Cc1ccccc1.CCOC(=O)CC(=O)Cc1ccccc1.COc1cc2ccccc2c(Br)c1C.COc1cc2ccccc2c(O)c1C.Cc1c(O)cc2ccccc2c1Br.Cc1c(O)cc2ccccc2c1O.Cc1c(O)cc2ccccc2c1OS(=O)(=O)C(F)(F)F.Cc1cc2ccccc2c(Br)c1C. The molecule has 0 aliphatic heterocycles. The van der Waals surface area contributed by atoms with E-state index in [2.05, 4.69) is 121 Å². The fraction of sp³-hybridized carbons (Fsp3) is 0.200. The number of hydrogen-bond donors (Lipinski definition) is 5. The number of ketones is 2. The highest BCUT2D eigenvalue weighted by molar-refractivity contribution is 9.11. The lowest BCUT2D eigenvalue weighted by Crippen LogP contribution is -2.28. The largest absolute Gasteiger partial charge is 0.534 e. The van der Waals surface area contributed by atoms with Gasteiger partial charge in [-0.15, -0.1) is 0 Å². The van der Waals surface area contributed by atoms with Gasteiger partial charge in [-0.1, -0.05) is 212 Å². The van der Waals surface area contributed by atoms with E-state index in [1.165, 1.54) is 68.3 Å². The molecule has 0 aliphatic rings. The summed E-state index contributed by atoms with van der Waals surface area (Å²) >= 11 is 10.7. The lowest BCUT2D eigenvalue weighted by atomic mass is 10.00. The third-order valence-corrected chi connectivity index (χ3v) is 22.7. The van der Waals surface area contributed by atoms with Crippen molar-refractivity contribution in [1.29, 1.82) is 0 Å². The summed E-state index contributed by atoms with van der Waals surface area (Å²) in [7, 11) is -2.49. The first kappa shape index (κ1) is 93.7. The van der Waals surface area contributed by atoms with Gasteiger partial charge in [0.25, 0.3) is 0 Å². The van der Waals surface area contributed by atoms with Crippen LogP contribution in [0.15, 0.2) is 256 Å². The molecule has 0 aromatic heterocycles. The van der Waals surface area contributed by atoms with E-state index in [9.17, 15) is 66.3 Å². The molecule has 0 aliphatic carbocycles. The van der Waals surface area contributed by atoms with E-state index in [4.69, 9.17) is 18.9 Å². The van der Waals surface area contributed by atoms with Gasteiger partial charge in [0.15, 0.2) is 11.5 Å². The van der Waals surface area contributed by atoms with E-state index >= 15 is 0 Å². The molecular formula is C95H92Br3F3O16S. The number of rotatable bonds is 14. The highest BCUT2D eigenvalue weighted by Crippen LogP contribution is 2.41. The Morgan fingerprint density at radius 2 is 0.746 bits per heavy atom. The van der Waals surface area contributed by atoms with Crippen LogP contribution in [0.1, 0.15) is 77.3 Å². The summed E-state index contributed by atoms with van der Waals surface area (Å²) in [5.74, 6) is -0.0746. The van der Waals surface area contributed by atoms with E-state index in [1.807, 2.05) is 166 Å². The molecule has 5 N–H and O–H groups in total. The predicted molar refractivity (Wildman–Crippen MR) is 474 cm³/mol. The van der Waals surface area contributed by atoms with Gasteiger partial charge in [-0.3, -0.25) is 19.2 Å². The van der Waals surface area contributed by atoms with Gasteiger partial charge in [0.05, 0.1) is 27.4 Å². The first-order valence-corrected chi connectivity index (χ1v) is 40.9. The average Bonchev–Trinajstić information content (AvgIpc) is 0.780. The van der Waals surface area contributed by atoms with Crippen molar-refractivity contribution in [3.05, 3.63) is 306 Å². The summed E-state index contributed by atoms with van der Waals surface area (Å²) < 4.78 is 86.8. The zero-order valence-corrected chi connectivity index (χ0v) is 72.7. The summed E-state index contributed by atoms with van der Waals surface area (Å²) in [5.41, 5.74) is 2.23. The molecule has 0 amide bonds. The van der Waals surface area contributed by atoms with Crippen molar-refractivity contribution in [2.75, 3.05) is 27.4 Å². The zero-order chi connectivity index (χ0) is 86.7. The van der Waals surface area contributed by atoms with Crippen LogP contribution >= 0.6 is 47.8 Å². The van der Waals surface area contributed by atoms with E-state index < -0.39 is 39.2 Å². The number of fused-ring (bicyclic) bond motifs is 6. The number of ether oxygens (including phenoxy) is 4. The van der Waals surface area contributed by atoms with Gasteiger partial charge in [-0.2, -0.15) is 21.6 Å². The molecule has 0 spiro atoms. The van der Waals surface area contributed by atoms with Crippen molar-refractivity contribution in [3.63, 3.8) is 0 Å². The Morgan fingerprint density at radius 1 is 0.407 bits per heavy atom. The fourth-order valence-corrected chi connectivity index (χ4v) is 14.2. The number of Topliss-reactive ketones (excluding diaryl/α,β-unsaturated/α-hetero) is 2. The van der Waals surface area contributed by atoms with Crippen LogP contribution in [0.4, 0.5) is 13.2 Å². The van der Waals surface area contributed by atoms with E-state index in [1.54, 1.807) is 60.1 Å². The van der Waals surface area contributed by atoms with Crippen LogP contribution in [0, 0.1) is 54.4 Å². The molecule has 1 unspecified atom stereocenters. The third kappa shape index (κ3) is 25.3. The van der Waals surface area contributed by atoms with Gasteiger partial charge >= 0.3 is 27.6 Å². The highest BCUT2D eigenvalue weighted by atomic mass is 79.9. The molecule has 0 fully saturated rings. The predicted octanol–water partition coefficient (Wildman–Crippen LogP) is 24.0.